The molecule has 0 fully saturated rings. The molecule has 0 saturated heterocycles. The maximum Gasteiger partial charge on any atom is 0.150 e. The van der Waals surface area contributed by atoms with Crippen LogP contribution in [0.2, 0.25) is 5.02 Å². The lowest BCUT2D eigenvalue weighted by molar-refractivity contribution is 0.372. The van der Waals surface area contributed by atoms with Crippen LogP contribution < -0.4 is 5.32 Å². The molecular formula is C11H10ClFN2O. The maximum atomic E-state index is 12.9. The summed E-state index contributed by atoms with van der Waals surface area (Å²) in [6, 6.07) is 6.06. The molecule has 1 heterocycles. The van der Waals surface area contributed by atoms with Crippen molar-refractivity contribution in [2.24, 2.45) is 0 Å². The van der Waals surface area contributed by atoms with Gasteiger partial charge in [0.1, 0.15) is 11.6 Å². The summed E-state index contributed by atoms with van der Waals surface area (Å²) in [5.41, 5.74) is 0.723. The number of halogens is 2. The number of nitrogens with zero attached hydrogens (tertiary/aromatic N) is 1. The summed E-state index contributed by atoms with van der Waals surface area (Å²) >= 11 is 5.91. The highest BCUT2D eigenvalue weighted by atomic mass is 35.5. The van der Waals surface area contributed by atoms with E-state index in [4.69, 9.17) is 16.1 Å². The average molecular weight is 241 g/mol. The van der Waals surface area contributed by atoms with Crippen LogP contribution >= 0.6 is 11.6 Å². The second-order valence-corrected chi connectivity index (χ2v) is 3.73. The van der Waals surface area contributed by atoms with E-state index < -0.39 is 0 Å². The van der Waals surface area contributed by atoms with Crippen LogP contribution in [0, 0.1) is 5.82 Å². The summed E-state index contributed by atoms with van der Waals surface area (Å²) < 4.78 is 17.8. The molecule has 0 spiro atoms. The Morgan fingerprint density at radius 2 is 2.19 bits per heavy atom. The Labute approximate surface area is 97.2 Å². The second kappa shape index (κ2) is 5.09. The molecule has 1 aromatic heterocycles. The number of aromatic nitrogens is 1. The molecule has 0 atom stereocenters. The first kappa shape index (κ1) is 11.1. The van der Waals surface area contributed by atoms with Crippen molar-refractivity contribution >= 4 is 11.6 Å². The number of benzene rings is 1. The molecule has 16 heavy (non-hydrogen) atoms. The van der Waals surface area contributed by atoms with Crippen molar-refractivity contribution in [2.45, 2.75) is 13.1 Å². The van der Waals surface area contributed by atoms with Crippen molar-refractivity contribution in [1.82, 2.24) is 10.5 Å². The van der Waals surface area contributed by atoms with Gasteiger partial charge in [0, 0.05) is 17.6 Å². The lowest BCUT2D eigenvalue weighted by atomic mass is 10.2. The Balaban J connectivity index is 1.92. The van der Waals surface area contributed by atoms with Crippen molar-refractivity contribution in [3.63, 3.8) is 0 Å². The molecule has 0 amide bonds. The standard InChI is InChI=1S/C11H10ClFN2O/c12-11-2-1-9(13)5-8(11)6-14-7-10-3-4-15-16-10/h1-5,14H,6-7H2. The zero-order valence-electron chi connectivity index (χ0n) is 8.41. The minimum absolute atomic E-state index is 0.291. The van der Waals surface area contributed by atoms with E-state index in [2.05, 4.69) is 10.5 Å². The van der Waals surface area contributed by atoms with E-state index in [-0.39, 0.29) is 5.82 Å². The van der Waals surface area contributed by atoms with Gasteiger partial charge in [-0.15, -0.1) is 0 Å². The first-order valence-corrected chi connectivity index (χ1v) is 5.18. The Kier molecular flexibility index (Phi) is 3.54. The third-order valence-electron chi connectivity index (χ3n) is 2.11. The molecule has 0 radical (unpaired) electrons. The SMILES string of the molecule is Fc1ccc(Cl)c(CNCc2ccno2)c1. The van der Waals surface area contributed by atoms with Gasteiger partial charge in [-0.25, -0.2) is 4.39 Å². The van der Waals surface area contributed by atoms with E-state index in [9.17, 15) is 4.39 Å². The number of hydrogen-bond donors (Lipinski definition) is 1. The fraction of sp³-hybridized carbons (Fsp3) is 0.182. The summed E-state index contributed by atoms with van der Waals surface area (Å²) in [7, 11) is 0. The van der Waals surface area contributed by atoms with Gasteiger partial charge in [0.15, 0.2) is 0 Å². The molecule has 5 heteroatoms. The van der Waals surface area contributed by atoms with Gasteiger partial charge >= 0.3 is 0 Å². The third-order valence-corrected chi connectivity index (χ3v) is 2.48. The minimum Gasteiger partial charge on any atom is -0.360 e. The summed E-state index contributed by atoms with van der Waals surface area (Å²) in [6.45, 7) is 1.02. The second-order valence-electron chi connectivity index (χ2n) is 3.32. The predicted octanol–water partition coefficient (Wildman–Crippen LogP) is 2.76. The summed E-state index contributed by atoms with van der Waals surface area (Å²) in [6.07, 6.45) is 1.58. The Morgan fingerprint density at radius 1 is 1.31 bits per heavy atom. The van der Waals surface area contributed by atoms with Crippen LogP contribution in [0.5, 0.6) is 0 Å². The fourth-order valence-electron chi connectivity index (χ4n) is 1.33. The van der Waals surface area contributed by atoms with E-state index in [1.165, 1.54) is 12.1 Å². The first-order chi connectivity index (χ1) is 7.75. The van der Waals surface area contributed by atoms with E-state index in [1.807, 2.05) is 0 Å². The maximum absolute atomic E-state index is 12.9. The highest BCUT2D eigenvalue weighted by Gasteiger charge is 2.02. The zero-order chi connectivity index (χ0) is 11.4. The molecule has 2 aromatic rings. The van der Waals surface area contributed by atoms with E-state index in [1.54, 1.807) is 18.3 Å². The summed E-state index contributed by atoms with van der Waals surface area (Å²) in [5.74, 6) is 0.438. The zero-order valence-corrected chi connectivity index (χ0v) is 9.17. The van der Waals surface area contributed by atoms with Gasteiger partial charge in [-0.3, -0.25) is 0 Å². The smallest absolute Gasteiger partial charge is 0.150 e. The van der Waals surface area contributed by atoms with E-state index in [0.717, 1.165) is 11.3 Å². The van der Waals surface area contributed by atoms with Crippen LogP contribution in [0.1, 0.15) is 11.3 Å². The van der Waals surface area contributed by atoms with Crippen LogP contribution in [-0.4, -0.2) is 5.16 Å². The van der Waals surface area contributed by atoms with Gasteiger partial charge in [0.05, 0.1) is 12.7 Å². The van der Waals surface area contributed by atoms with Crippen LogP contribution in [-0.2, 0) is 13.1 Å². The molecular weight excluding hydrogens is 231 g/mol. The predicted molar refractivity (Wildman–Crippen MR) is 58.5 cm³/mol. The summed E-state index contributed by atoms with van der Waals surface area (Å²) in [4.78, 5) is 0. The van der Waals surface area contributed by atoms with Gasteiger partial charge in [0.2, 0.25) is 0 Å². The average Bonchev–Trinajstić information content (AvgIpc) is 2.76. The van der Waals surface area contributed by atoms with Gasteiger partial charge < -0.3 is 9.84 Å². The Hall–Kier alpha value is -1.39. The first-order valence-electron chi connectivity index (χ1n) is 4.80. The van der Waals surface area contributed by atoms with Crippen LogP contribution in [0.25, 0.3) is 0 Å². The third kappa shape index (κ3) is 2.81. The molecule has 0 aliphatic carbocycles. The summed E-state index contributed by atoms with van der Waals surface area (Å²) in [5, 5.41) is 7.21. The normalized spacial score (nSPS) is 10.6. The molecule has 2 rings (SSSR count). The lowest BCUT2D eigenvalue weighted by Crippen LogP contribution is -2.12. The van der Waals surface area contributed by atoms with Gasteiger partial charge in [-0.05, 0) is 23.8 Å². The van der Waals surface area contributed by atoms with Gasteiger partial charge in [-0.1, -0.05) is 16.8 Å². The molecule has 0 saturated carbocycles. The number of hydrogen-bond acceptors (Lipinski definition) is 3. The molecule has 0 unspecified atom stereocenters. The van der Waals surface area contributed by atoms with Crippen molar-refractivity contribution < 1.29 is 8.91 Å². The largest absolute Gasteiger partial charge is 0.360 e. The lowest BCUT2D eigenvalue weighted by Gasteiger charge is -2.05. The van der Waals surface area contributed by atoms with Crippen LogP contribution in [0.3, 0.4) is 0 Å². The van der Waals surface area contributed by atoms with E-state index >= 15 is 0 Å². The van der Waals surface area contributed by atoms with Crippen molar-refractivity contribution in [3.8, 4) is 0 Å². The van der Waals surface area contributed by atoms with Crippen molar-refractivity contribution in [2.75, 3.05) is 0 Å². The minimum atomic E-state index is -0.291. The van der Waals surface area contributed by atoms with Crippen LogP contribution in [0.4, 0.5) is 4.39 Å². The molecule has 3 nitrogen and oxygen atoms in total. The molecule has 0 aliphatic rings. The monoisotopic (exact) mass is 240 g/mol. The molecule has 1 aromatic carbocycles. The molecule has 0 bridgehead atoms. The fourth-order valence-corrected chi connectivity index (χ4v) is 1.52. The number of nitrogens with one attached hydrogen (secondary N) is 1. The highest BCUT2D eigenvalue weighted by Crippen LogP contribution is 2.16. The molecule has 84 valence electrons. The van der Waals surface area contributed by atoms with E-state index in [0.29, 0.717) is 18.1 Å². The van der Waals surface area contributed by atoms with Crippen LogP contribution in [0.15, 0.2) is 35.0 Å². The topological polar surface area (TPSA) is 38.1 Å². The molecule has 0 aliphatic heterocycles. The Bertz CT molecular complexity index is 459. The quantitative estimate of drug-likeness (QED) is 0.893. The van der Waals surface area contributed by atoms with Crippen molar-refractivity contribution in [1.29, 1.82) is 0 Å². The van der Waals surface area contributed by atoms with Gasteiger partial charge in [0.25, 0.3) is 0 Å². The number of rotatable bonds is 4. The molecule has 1 N–H and O–H groups in total. The van der Waals surface area contributed by atoms with Gasteiger partial charge in [-0.2, -0.15) is 0 Å². The Morgan fingerprint density at radius 3 is 2.94 bits per heavy atom. The van der Waals surface area contributed by atoms with Crippen molar-refractivity contribution in [3.05, 3.63) is 52.6 Å². The highest BCUT2D eigenvalue weighted by molar-refractivity contribution is 6.31.